The highest BCUT2D eigenvalue weighted by Gasteiger charge is 2.33. The van der Waals surface area contributed by atoms with E-state index in [9.17, 15) is 13.2 Å². The molecule has 6 heteroatoms. The third-order valence-corrected chi connectivity index (χ3v) is 2.34. The molecule has 0 bridgehead atoms. The predicted molar refractivity (Wildman–Crippen MR) is 59.0 cm³/mol. The van der Waals surface area contributed by atoms with Gasteiger partial charge in [0.05, 0.1) is 12.8 Å². The summed E-state index contributed by atoms with van der Waals surface area (Å²) < 4.78 is 42.7. The quantitative estimate of drug-likeness (QED) is 0.825. The molecule has 0 N–H and O–H groups in total. The second kappa shape index (κ2) is 4.64. The minimum atomic E-state index is -4.49. The number of rotatable bonds is 2. The average Bonchev–Trinajstić information content (AvgIpc) is 2.38. The number of aromatic nitrogens is 2. The van der Waals surface area contributed by atoms with Crippen LogP contribution in [-0.4, -0.2) is 17.1 Å². The van der Waals surface area contributed by atoms with Gasteiger partial charge in [-0.2, -0.15) is 13.2 Å². The summed E-state index contributed by atoms with van der Waals surface area (Å²) in [6.07, 6.45) is -3.59. The van der Waals surface area contributed by atoms with E-state index < -0.39 is 11.9 Å². The van der Waals surface area contributed by atoms with Crippen LogP contribution in [0.2, 0.25) is 0 Å². The van der Waals surface area contributed by atoms with E-state index in [1.54, 1.807) is 24.3 Å². The van der Waals surface area contributed by atoms with Crippen molar-refractivity contribution in [2.24, 2.45) is 0 Å². The third-order valence-electron chi connectivity index (χ3n) is 2.34. The number of benzene rings is 1. The van der Waals surface area contributed by atoms with Crippen LogP contribution >= 0.6 is 0 Å². The highest BCUT2D eigenvalue weighted by molar-refractivity contribution is 5.67. The smallest absolute Gasteiger partial charge is 0.433 e. The van der Waals surface area contributed by atoms with Crippen molar-refractivity contribution in [1.29, 1.82) is 0 Å². The molecule has 0 amide bonds. The Labute approximate surface area is 101 Å². The van der Waals surface area contributed by atoms with Crippen LogP contribution in [0.1, 0.15) is 5.69 Å². The molecule has 0 aliphatic rings. The number of para-hydroxylation sites is 1. The van der Waals surface area contributed by atoms with E-state index in [0.717, 1.165) is 12.4 Å². The second-order valence-electron chi connectivity index (χ2n) is 3.49. The molecule has 0 atom stereocenters. The molecule has 1 heterocycles. The van der Waals surface area contributed by atoms with Gasteiger partial charge in [-0.05, 0) is 18.2 Å². The Morgan fingerprint density at radius 1 is 1.11 bits per heavy atom. The van der Waals surface area contributed by atoms with Gasteiger partial charge in [-0.3, -0.25) is 0 Å². The van der Waals surface area contributed by atoms with E-state index in [0.29, 0.717) is 11.3 Å². The fraction of sp³-hybridized carbons (Fsp3) is 0.167. The van der Waals surface area contributed by atoms with E-state index >= 15 is 0 Å². The first-order chi connectivity index (χ1) is 8.52. The molecule has 1 aromatic carbocycles. The zero-order valence-electron chi connectivity index (χ0n) is 9.40. The average molecular weight is 254 g/mol. The Hall–Kier alpha value is -2.11. The van der Waals surface area contributed by atoms with Crippen LogP contribution in [0.3, 0.4) is 0 Å². The molecule has 0 aliphatic carbocycles. The van der Waals surface area contributed by atoms with Crippen LogP contribution in [0.4, 0.5) is 13.2 Å². The largest absolute Gasteiger partial charge is 0.496 e. The molecule has 0 saturated carbocycles. The lowest BCUT2D eigenvalue weighted by atomic mass is 10.1. The van der Waals surface area contributed by atoms with Gasteiger partial charge in [-0.15, -0.1) is 0 Å². The fourth-order valence-electron chi connectivity index (χ4n) is 1.52. The van der Waals surface area contributed by atoms with E-state index in [1.165, 1.54) is 7.11 Å². The van der Waals surface area contributed by atoms with Gasteiger partial charge in [0.25, 0.3) is 0 Å². The Bertz CT molecular complexity index is 555. The Morgan fingerprint density at radius 2 is 1.83 bits per heavy atom. The summed E-state index contributed by atoms with van der Waals surface area (Å²) in [4.78, 5) is 7.06. The summed E-state index contributed by atoms with van der Waals surface area (Å²) in [5, 5.41) is 0. The van der Waals surface area contributed by atoms with Gasteiger partial charge in [0.2, 0.25) is 0 Å². The van der Waals surface area contributed by atoms with Crippen molar-refractivity contribution in [3.63, 3.8) is 0 Å². The van der Waals surface area contributed by atoms with Crippen LogP contribution in [0.5, 0.6) is 5.75 Å². The summed E-state index contributed by atoms with van der Waals surface area (Å²) in [7, 11) is 1.45. The zero-order chi connectivity index (χ0) is 13.2. The van der Waals surface area contributed by atoms with Gasteiger partial charge in [-0.1, -0.05) is 12.1 Å². The molecule has 18 heavy (non-hydrogen) atoms. The van der Waals surface area contributed by atoms with Crippen molar-refractivity contribution in [3.8, 4) is 17.0 Å². The van der Waals surface area contributed by atoms with E-state index in [-0.39, 0.29) is 5.69 Å². The summed E-state index contributed by atoms with van der Waals surface area (Å²) in [5.74, 6) is 0.462. The first kappa shape index (κ1) is 12.3. The number of alkyl halides is 3. The number of hydrogen-bond donors (Lipinski definition) is 0. The van der Waals surface area contributed by atoms with Gasteiger partial charge in [0, 0.05) is 5.56 Å². The molecule has 0 radical (unpaired) electrons. The van der Waals surface area contributed by atoms with Crippen LogP contribution in [0.15, 0.2) is 36.7 Å². The second-order valence-corrected chi connectivity index (χ2v) is 3.49. The third kappa shape index (κ3) is 2.42. The maximum absolute atomic E-state index is 12.5. The minimum absolute atomic E-state index is 0.176. The normalized spacial score (nSPS) is 11.3. The number of hydrogen-bond acceptors (Lipinski definition) is 3. The lowest BCUT2D eigenvalue weighted by Gasteiger charge is -2.09. The van der Waals surface area contributed by atoms with Gasteiger partial charge < -0.3 is 4.74 Å². The summed E-state index contributed by atoms with van der Waals surface area (Å²) in [6.45, 7) is 0. The number of halogens is 3. The maximum atomic E-state index is 12.5. The maximum Gasteiger partial charge on any atom is 0.433 e. The molecule has 2 rings (SSSR count). The highest BCUT2D eigenvalue weighted by Crippen LogP contribution is 2.32. The van der Waals surface area contributed by atoms with Crippen molar-refractivity contribution < 1.29 is 17.9 Å². The zero-order valence-corrected chi connectivity index (χ0v) is 9.40. The number of methoxy groups -OCH3 is 1. The molecule has 0 spiro atoms. The molecular formula is C12H9F3N2O. The molecule has 0 aliphatic heterocycles. The van der Waals surface area contributed by atoms with E-state index in [1.807, 2.05) is 0 Å². The first-order valence-corrected chi connectivity index (χ1v) is 5.05. The van der Waals surface area contributed by atoms with Gasteiger partial charge in [-0.25, -0.2) is 9.97 Å². The molecular weight excluding hydrogens is 245 g/mol. The summed E-state index contributed by atoms with van der Waals surface area (Å²) >= 11 is 0. The van der Waals surface area contributed by atoms with Crippen LogP contribution in [-0.2, 0) is 6.18 Å². The molecule has 3 nitrogen and oxygen atoms in total. The van der Waals surface area contributed by atoms with Gasteiger partial charge in [0.1, 0.15) is 17.8 Å². The van der Waals surface area contributed by atoms with E-state index in [2.05, 4.69) is 9.97 Å². The standard InChI is InChI=1S/C12H9F3N2O/c1-18-10-5-3-2-4-8(10)9-6-11(12(13,14)15)17-7-16-9/h2-7H,1H3. The van der Waals surface area contributed by atoms with Crippen molar-refractivity contribution in [2.45, 2.75) is 6.18 Å². The summed E-state index contributed by atoms with van der Waals surface area (Å²) in [5.41, 5.74) is -0.305. The minimum Gasteiger partial charge on any atom is -0.496 e. The molecule has 0 saturated heterocycles. The number of nitrogens with zero attached hydrogens (tertiary/aromatic N) is 2. The van der Waals surface area contributed by atoms with Gasteiger partial charge >= 0.3 is 6.18 Å². The van der Waals surface area contributed by atoms with Crippen molar-refractivity contribution in [3.05, 3.63) is 42.4 Å². The summed E-state index contributed by atoms with van der Waals surface area (Å²) in [6, 6.07) is 7.63. The first-order valence-electron chi connectivity index (χ1n) is 5.05. The lowest BCUT2D eigenvalue weighted by Crippen LogP contribution is -2.08. The van der Waals surface area contributed by atoms with E-state index in [4.69, 9.17) is 4.74 Å². The molecule has 1 aromatic heterocycles. The van der Waals surface area contributed by atoms with Gasteiger partial charge in [0.15, 0.2) is 0 Å². The van der Waals surface area contributed by atoms with Crippen LogP contribution < -0.4 is 4.74 Å². The Morgan fingerprint density at radius 3 is 2.50 bits per heavy atom. The Balaban J connectivity index is 2.51. The highest BCUT2D eigenvalue weighted by atomic mass is 19.4. The number of ether oxygens (including phenoxy) is 1. The lowest BCUT2D eigenvalue weighted by molar-refractivity contribution is -0.141. The molecule has 0 unspecified atom stereocenters. The van der Waals surface area contributed by atoms with Crippen LogP contribution in [0.25, 0.3) is 11.3 Å². The molecule has 0 fully saturated rings. The molecule has 94 valence electrons. The SMILES string of the molecule is COc1ccccc1-c1cc(C(F)(F)F)ncn1. The van der Waals surface area contributed by atoms with Crippen molar-refractivity contribution in [1.82, 2.24) is 9.97 Å². The predicted octanol–water partition coefficient (Wildman–Crippen LogP) is 3.17. The Kier molecular flexibility index (Phi) is 3.18. The topological polar surface area (TPSA) is 35.0 Å². The van der Waals surface area contributed by atoms with Crippen molar-refractivity contribution in [2.75, 3.05) is 7.11 Å². The fourth-order valence-corrected chi connectivity index (χ4v) is 1.52. The van der Waals surface area contributed by atoms with Crippen molar-refractivity contribution >= 4 is 0 Å². The molecule has 2 aromatic rings. The van der Waals surface area contributed by atoms with Crippen LogP contribution in [0, 0.1) is 0 Å². The monoisotopic (exact) mass is 254 g/mol.